The lowest BCUT2D eigenvalue weighted by Gasteiger charge is -2.10. The van der Waals surface area contributed by atoms with E-state index < -0.39 is 5.97 Å². The molecule has 0 heterocycles. The molecule has 4 nitrogen and oxygen atoms in total. The lowest BCUT2D eigenvalue weighted by molar-refractivity contribution is -0.141. The number of likely N-dealkylation sites (N-methyl/N-ethyl adjacent to an activating group) is 1. The van der Waals surface area contributed by atoms with Crippen molar-refractivity contribution in [3.8, 4) is 5.75 Å². The molecule has 0 amide bonds. The van der Waals surface area contributed by atoms with Crippen LogP contribution in [0.15, 0.2) is 60.4 Å². The van der Waals surface area contributed by atoms with Gasteiger partial charge < -0.3 is 14.8 Å². The van der Waals surface area contributed by atoms with Crippen LogP contribution in [0, 0.1) is 0 Å². The van der Waals surface area contributed by atoms with Crippen LogP contribution in [-0.4, -0.2) is 26.2 Å². The minimum Gasteiger partial charge on any atom is -0.458 e. The summed E-state index contributed by atoms with van der Waals surface area (Å²) in [5.41, 5.74) is 0.849. The molecule has 2 aromatic rings. The Kier molecular flexibility index (Phi) is 8.94. The Balaban J connectivity index is 0.00000288. The number of halogens is 2. The number of hydrogen-bond donors (Lipinski definition) is 1. The van der Waals surface area contributed by atoms with Crippen LogP contribution in [0.2, 0.25) is 5.02 Å². The number of nitrogens with one attached hydrogen (secondary N) is 1. The highest BCUT2D eigenvalue weighted by Gasteiger charge is 2.14. The van der Waals surface area contributed by atoms with E-state index in [4.69, 9.17) is 21.1 Å². The van der Waals surface area contributed by atoms with Crippen LogP contribution >= 0.6 is 24.0 Å². The summed E-state index contributed by atoms with van der Waals surface area (Å²) in [6.45, 7) is 0.844. The first-order valence-corrected chi connectivity index (χ1v) is 7.59. The van der Waals surface area contributed by atoms with Gasteiger partial charge in [0.2, 0.25) is 5.76 Å². The molecule has 6 heteroatoms. The van der Waals surface area contributed by atoms with E-state index in [9.17, 15) is 4.79 Å². The Morgan fingerprint density at radius 1 is 1.12 bits per heavy atom. The predicted molar refractivity (Wildman–Crippen MR) is 98.6 cm³/mol. The summed E-state index contributed by atoms with van der Waals surface area (Å²) in [5.74, 6) is 0.121. The smallest absolute Gasteiger partial charge is 0.374 e. The highest BCUT2D eigenvalue weighted by atomic mass is 35.5. The molecule has 0 unspecified atom stereocenters. The molecular formula is C18H19Cl2NO3. The summed E-state index contributed by atoms with van der Waals surface area (Å²) in [7, 11) is 1.79. The fourth-order valence-corrected chi connectivity index (χ4v) is 1.90. The van der Waals surface area contributed by atoms with Crippen molar-refractivity contribution in [1.29, 1.82) is 0 Å². The fourth-order valence-electron chi connectivity index (χ4n) is 1.78. The second kappa shape index (κ2) is 10.7. The van der Waals surface area contributed by atoms with Gasteiger partial charge in [-0.15, -0.1) is 12.4 Å². The third kappa shape index (κ3) is 6.62. The van der Waals surface area contributed by atoms with Gasteiger partial charge in [0.1, 0.15) is 12.4 Å². The maximum Gasteiger partial charge on any atom is 0.374 e. The van der Waals surface area contributed by atoms with Gasteiger partial charge in [-0.2, -0.15) is 0 Å². The van der Waals surface area contributed by atoms with Crippen LogP contribution in [-0.2, 0) is 9.53 Å². The molecule has 0 saturated carbocycles. The van der Waals surface area contributed by atoms with Crippen molar-refractivity contribution < 1.29 is 14.3 Å². The molecule has 128 valence electrons. The fraction of sp³-hybridized carbons (Fsp3) is 0.167. The first-order valence-electron chi connectivity index (χ1n) is 7.21. The molecule has 1 N–H and O–H groups in total. The first kappa shape index (κ1) is 20.0. The van der Waals surface area contributed by atoms with Gasteiger partial charge in [-0.1, -0.05) is 41.9 Å². The third-order valence-corrected chi connectivity index (χ3v) is 3.18. The zero-order chi connectivity index (χ0) is 16.5. The van der Waals surface area contributed by atoms with E-state index >= 15 is 0 Å². The summed E-state index contributed by atoms with van der Waals surface area (Å²) < 4.78 is 10.9. The molecule has 0 aliphatic rings. The largest absolute Gasteiger partial charge is 0.458 e. The monoisotopic (exact) mass is 367 g/mol. The Hall–Kier alpha value is -2.01. The van der Waals surface area contributed by atoms with Gasteiger partial charge >= 0.3 is 5.97 Å². The van der Waals surface area contributed by atoms with E-state index in [0.717, 1.165) is 5.56 Å². The Bertz CT molecular complexity index is 658. The van der Waals surface area contributed by atoms with Crippen LogP contribution in [0.4, 0.5) is 0 Å². The van der Waals surface area contributed by atoms with Gasteiger partial charge in [-0.25, -0.2) is 4.79 Å². The molecule has 0 fully saturated rings. The average Bonchev–Trinajstić information content (AvgIpc) is 2.57. The Morgan fingerprint density at radius 2 is 1.79 bits per heavy atom. The van der Waals surface area contributed by atoms with Crippen molar-refractivity contribution in [3.05, 3.63) is 70.9 Å². The van der Waals surface area contributed by atoms with Crippen molar-refractivity contribution >= 4 is 36.1 Å². The van der Waals surface area contributed by atoms with Gasteiger partial charge in [-0.05, 0) is 43.0 Å². The van der Waals surface area contributed by atoms with E-state index in [-0.39, 0.29) is 24.8 Å². The highest BCUT2D eigenvalue weighted by molar-refractivity contribution is 6.30. The van der Waals surface area contributed by atoms with Crippen LogP contribution in [0.5, 0.6) is 5.75 Å². The molecule has 0 aliphatic carbocycles. The van der Waals surface area contributed by atoms with Crippen LogP contribution in [0.1, 0.15) is 5.56 Å². The number of hydrogen-bond acceptors (Lipinski definition) is 4. The minimum atomic E-state index is -0.515. The van der Waals surface area contributed by atoms with E-state index in [1.807, 2.05) is 30.3 Å². The second-order valence-electron chi connectivity index (χ2n) is 4.71. The maximum absolute atomic E-state index is 12.2. The van der Waals surface area contributed by atoms with Crippen LogP contribution in [0.25, 0.3) is 6.08 Å². The highest BCUT2D eigenvalue weighted by Crippen LogP contribution is 2.19. The molecule has 2 aromatic carbocycles. The quantitative estimate of drug-likeness (QED) is 0.348. The van der Waals surface area contributed by atoms with E-state index in [2.05, 4.69) is 5.32 Å². The Morgan fingerprint density at radius 3 is 2.42 bits per heavy atom. The van der Waals surface area contributed by atoms with Gasteiger partial charge in [-0.3, -0.25) is 0 Å². The second-order valence-corrected chi connectivity index (χ2v) is 5.15. The zero-order valence-electron chi connectivity index (χ0n) is 13.2. The molecule has 0 radical (unpaired) electrons. The van der Waals surface area contributed by atoms with Crippen molar-refractivity contribution in [2.45, 2.75) is 0 Å². The van der Waals surface area contributed by atoms with Crippen molar-refractivity contribution in [2.24, 2.45) is 0 Å². The topological polar surface area (TPSA) is 47.6 Å². The molecule has 0 spiro atoms. The van der Waals surface area contributed by atoms with Gasteiger partial charge in [0.15, 0.2) is 0 Å². The normalized spacial score (nSPS) is 10.7. The van der Waals surface area contributed by atoms with Gasteiger partial charge in [0.25, 0.3) is 0 Å². The molecule has 2 rings (SSSR count). The first-order chi connectivity index (χ1) is 11.2. The van der Waals surface area contributed by atoms with E-state index in [0.29, 0.717) is 17.3 Å². The van der Waals surface area contributed by atoms with E-state index in [1.165, 1.54) is 0 Å². The molecule has 24 heavy (non-hydrogen) atoms. The third-order valence-electron chi connectivity index (χ3n) is 2.93. The molecule has 0 aliphatic heterocycles. The number of carbonyl (C=O) groups is 1. The summed E-state index contributed by atoms with van der Waals surface area (Å²) >= 11 is 5.86. The Labute approximate surface area is 152 Å². The SMILES string of the molecule is CNCCOC(=O)/C(=C/c1ccccc1)Oc1ccc(Cl)cc1.Cl. The van der Waals surface area contributed by atoms with Crippen LogP contribution in [0.3, 0.4) is 0 Å². The molecule has 0 bridgehead atoms. The lowest BCUT2D eigenvalue weighted by Crippen LogP contribution is -2.20. The number of esters is 1. The van der Waals surface area contributed by atoms with Crippen LogP contribution < -0.4 is 10.1 Å². The van der Waals surface area contributed by atoms with E-state index in [1.54, 1.807) is 37.4 Å². The van der Waals surface area contributed by atoms with Gasteiger partial charge in [0, 0.05) is 11.6 Å². The van der Waals surface area contributed by atoms with Crippen molar-refractivity contribution in [1.82, 2.24) is 5.32 Å². The van der Waals surface area contributed by atoms with Crippen molar-refractivity contribution in [3.63, 3.8) is 0 Å². The van der Waals surface area contributed by atoms with Gasteiger partial charge in [0.05, 0.1) is 0 Å². The molecule has 0 atom stereocenters. The van der Waals surface area contributed by atoms with Crippen molar-refractivity contribution in [2.75, 3.05) is 20.2 Å². The summed E-state index contributed by atoms with van der Waals surface area (Å²) in [6.07, 6.45) is 1.65. The lowest BCUT2D eigenvalue weighted by atomic mass is 10.2. The zero-order valence-corrected chi connectivity index (χ0v) is 14.8. The number of carbonyl (C=O) groups excluding carboxylic acids is 1. The summed E-state index contributed by atoms with van der Waals surface area (Å²) in [6, 6.07) is 16.2. The summed E-state index contributed by atoms with van der Waals surface area (Å²) in [5, 5.41) is 3.52. The molecule has 0 aromatic heterocycles. The minimum absolute atomic E-state index is 0. The molecule has 0 saturated heterocycles. The number of rotatable bonds is 7. The predicted octanol–water partition coefficient (Wildman–Crippen LogP) is 3.94. The number of benzene rings is 2. The molecular weight excluding hydrogens is 349 g/mol. The summed E-state index contributed by atoms with van der Waals surface area (Å²) in [4.78, 5) is 12.2. The average molecular weight is 368 g/mol. The maximum atomic E-state index is 12.2. The standard InChI is InChI=1S/C18H18ClNO3.ClH/c1-20-11-12-22-18(21)17(13-14-5-3-2-4-6-14)23-16-9-7-15(19)8-10-16;/h2-10,13,20H,11-12H2,1H3;1H/b17-13-;. The number of ether oxygens (including phenoxy) is 2.